The predicted octanol–water partition coefficient (Wildman–Crippen LogP) is 2.86. The molecular formula is C28H29N3O4. The Morgan fingerprint density at radius 2 is 2.03 bits per heavy atom. The van der Waals surface area contributed by atoms with Gasteiger partial charge in [0.2, 0.25) is 11.8 Å². The van der Waals surface area contributed by atoms with Gasteiger partial charge in [-0.2, -0.15) is 0 Å². The minimum Gasteiger partial charge on any atom is -0.497 e. The fourth-order valence-electron chi connectivity index (χ4n) is 5.90. The zero-order valence-corrected chi connectivity index (χ0v) is 19.7. The number of para-hydroxylation sites is 1. The summed E-state index contributed by atoms with van der Waals surface area (Å²) in [7, 11) is 1.64. The number of likely N-dealkylation sites (tertiary alicyclic amines) is 1. The zero-order valence-electron chi connectivity index (χ0n) is 19.7. The van der Waals surface area contributed by atoms with E-state index in [1.807, 2.05) is 59.6 Å². The number of H-pyrrole nitrogens is 1. The van der Waals surface area contributed by atoms with Crippen LogP contribution in [0, 0.1) is 11.8 Å². The third-order valence-electron chi connectivity index (χ3n) is 7.68. The number of aromatic nitrogens is 1. The molecule has 4 heterocycles. The highest BCUT2D eigenvalue weighted by molar-refractivity contribution is 5.93. The first kappa shape index (κ1) is 21.9. The maximum Gasteiger partial charge on any atom is 0.230 e. The third-order valence-corrected chi connectivity index (χ3v) is 7.68. The number of rotatable bonds is 8. The Bertz CT molecular complexity index is 1300. The topological polar surface area (TPSA) is 83.7 Å². The van der Waals surface area contributed by atoms with Crippen LogP contribution in [0.15, 0.2) is 66.9 Å². The lowest BCUT2D eigenvalue weighted by Gasteiger charge is -2.23. The van der Waals surface area contributed by atoms with Crippen molar-refractivity contribution in [1.29, 1.82) is 0 Å². The number of benzene rings is 2. The summed E-state index contributed by atoms with van der Waals surface area (Å²) in [4.78, 5) is 31.8. The van der Waals surface area contributed by atoms with Crippen LogP contribution in [0.1, 0.15) is 11.1 Å². The van der Waals surface area contributed by atoms with E-state index in [0.717, 1.165) is 23.3 Å². The zero-order chi connectivity index (χ0) is 24.0. The van der Waals surface area contributed by atoms with E-state index in [4.69, 9.17) is 9.47 Å². The van der Waals surface area contributed by atoms with Crippen LogP contribution in [0.5, 0.6) is 5.75 Å². The van der Waals surface area contributed by atoms with Gasteiger partial charge in [-0.3, -0.25) is 9.59 Å². The smallest absolute Gasteiger partial charge is 0.230 e. The Hall–Kier alpha value is -3.58. The van der Waals surface area contributed by atoms with Crippen LogP contribution in [0.2, 0.25) is 0 Å². The second-order valence-corrected chi connectivity index (χ2v) is 9.66. The Labute approximate surface area is 204 Å². The summed E-state index contributed by atoms with van der Waals surface area (Å²) < 4.78 is 11.5. The molecule has 2 fully saturated rings. The molecule has 2 aromatic carbocycles. The average Bonchev–Trinajstić information content (AvgIpc) is 3.63. The molecule has 3 aliphatic heterocycles. The highest BCUT2D eigenvalue weighted by atomic mass is 16.5. The largest absolute Gasteiger partial charge is 0.497 e. The van der Waals surface area contributed by atoms with Gasteiger partial charge in [-0.1, -0.05) is 42.5 Å². The molecule has 0 unspecified atom stereocenters. The van der Waals surface area contributed by atoms with Crippen molar-refractivity contribution in [3.05, 3.63) is 78.0 Å². The van der Waals surface area contributed by atoms with Crippen molar-refractivity contribution in [2.75, 3.05) is 26.7 Å². The molecule has 2 amide bonds. The molecule has 0 aliphatic carbocycles. The summed E-state index contributed by atoms with van der Waals surface area (Å²) in [6.45, 7) is 1.62. The maximum absolute atomic E-state index is 13.5. The van der Waals surface area contributed by atoms with Gasteiger partial charge < -0.3 is 24.7 Å². The van der Waals surface area contributed by atoms with Gasteiger partial charge in [0, 0.05) is 30.2 Å². The second-order valence-electron chi connectivity index (χ2n) is 9.66. The van der Waals surface area contributed by atoms with Crippen LogP contribution in [-0.4, -0.2) is 60.1 Å². The summed E-state index contributed by atoms with van der Waals surface area (Å²) >= 11 is 0. The lowest BCUT2D eigenvalue weighted by atomic mass is 9.77. The van der Waals surface area contributed by atoms with Crippen LogP contribution in [-0.2, 0) is 27.2 Å². The average molecular weight is 472 g/mol. The minimum atomic E-state index is -0.681. The summed E-state index contributed by atoms with van der Waals surface area (Å²) in [6.07, 6.45) is 7.12. The molecule has 6 rings (SSSR count). The van der Waals surface area contributed by atoms with Crippen LogP contribution in [0.25, 0.3) is 10.9 Å². The molecule has 0 saturated carbocycles. The second kappa shape index (κ2) is 8.57. The number of ether oxygens (including phenoxy) is 2. The molecule has 180 valence electrons. The van der Waals surface area contributed by atoms with Gasteiger partial charge in [-0.05, 0) is 42.2 Å². The summed E-state index contributed by atoms with van der Waals surface area (Å²) in [5.74, 6) is -0.218. The number of hydrogen-bond acceptors (Lipinski definition) is 4. The Balaban J connectivity index is 1.10. The monoisotopic (exact) mass is 471 g/mol. The predicted molar refractivity (Wildman–Crippen MR) is 132 cm³/mol. The van der Waals surface area contributed by atoms with E-state index in [9.17, 15) is 9.59 Å². The third kappa shape index (κ3) is 3.71. The van der Waals surface area contributed by atoms with Gasteiger partial charge >= 0.3 is 0 Å². The first-order chi connectivity index (χ1) is 17.1. The van der Waals surface area contributed by atoms with Crippen LogP contribution in [0.4, 0.5) is 0 Å². The number of nitrogens with zero attached hydrogens (tertiary/aromatic N) is 1. The van der Waals surface area contributed by atoms with E-state index in [0.29, 0.717) is 26.1 Å². The molecule has 35 heavy (non-hydrogen) atoms. The number of amides is 2. The van der Waals surface area contributed by atoms with Gasteiger partial charge in [-0.15, -0.1) is 0 Å². The van der Waals surface area contributed by atoms with Crippen molar-refractivity contribution < 1.29 is 19.1 Å². The first-order valence-corrected chi connectivity index (χ1v) is 12.2. The van der Waals surface area contributed by atoms with Gasteiger partial charge in [0.15, 0.2) is 0 Å². The molecule has 3 aliphatic rings. The van der Waals surface area contributed by atoms with Crippen molar-refractivity contribution >= 4 is 22.7 Å². The normalized spacial score (nSPS) is 26.5. The summed E-state index contributed by atoms with van der Waals surface area (Å²) in [6, 6.07) is 16.0. The number of fused-ring (bicyclic) bond motifs is 2. The first-order valence-electron chi connectivity index (χ1n) is 12.2. The van der Waals surface area contributed by atoms with Crippen molar-refractivity contribution in [3.63, 3.8) is 0 Å². The fourth-order valence-corrected chi connectivity index (χ4v) is 5.90. The number of aromatic amines is 1. The molecule has 2 N–H and O–H groups in total. The van der Waals surface area contributed by atoms with E-state index in [-0.39, 0.29) is 17.9 Å². The Kier molecular flexibility index (Phi) is 5.37. The number of carbonyl (C=O) groups excluding carboxylic acids is 2. The molecule has 7 nitrogen and oxygen atoms in total. The quantitative estimate of drug-likeness (QED) is 0.495. The standard InChI is InChI=1S/C28H29N3O4/c1-34-20-8-6-18(7-9-20)11-14-29-26(32)24-23-10-13-28(35-23)17-31(27(33)25(24)28)15-12-19-16-30-22-5-3-2-4-21(19)22/h2-10,13,16,23-25,30H,11-12,14-15,17H2,1H3,(H,29,32)/t23-,24-,25+,28+/m0/s1. The summed E-state index contributed by atoms with van der Waals surface area (Å²) in [5.41, 5.74) is 2.73. The van der Waals surface area contributed by atoms with Gasteiger partial charge in [0.1, 0.15) is 11.4 Å². The highest BCUT2D eigenvalue weighted by Crippen LogP contribution is 2.51. The lowest BCUT2D eigenvalue weighted by Crippen LogP contribution is -2.44. The number of methoxy groups -OCH3 is 1. The molecule has 1 spiro atoms. The van der Waals surface area contributed by atoms with Crippen molar-refractivity contribution in [1.82, 2.24) is 15.2 Å². The van der Waals surface area contributed by atoms with Crippen molar-refractivity contribution in [3.8, 4) is 5.75 Å². The van der Waals surface area contributed by atoms with E-state index in [2.05, 4.69) is 22.4 Å². The van der Waals surface area contributed by atoms with E-state index < -0.39 is 17.4 Å². The molecule has 1 aromatic heterocycles. The van der Waals surface area contributed by atoms with Gasteiger partial charge in [0.25, 0.3) is 0 Å². The number of nitrogens with one attached hydrogen (secondary N) is 2. The SMILES string of the molecule is COc1ccc(CCNC(=O)[C@H]2[C@@H]3C=C[C@]4(CN(CCc5c[nH]c6ccccc56)C(=O)[C@@H]24)O3)cc1. The highest BCUT2D eigenvalue weighted by Gasteiger charge is 2.66. The Morgan fingerprint density at radius 3 is 2.86 bits per heavy atom. The van der Waals surface area contributed by atoms with E-state index in [1.54, 1.807) is 7.11 Å². The molecular weight excluding hydrogens is 442 g/mol. The summed E-state index contributed by atoms with van der Waals surface area (Å²) in [5, 5.41) is 4.23. The number of carbonyl (C=O) groups is 2. The van der Waals surface area contributed by atoms with Crippen molar-refractivity contribution in [2.24, 2.45) is 11.8 Å². The minimum absolute atomic E-state index is 0.0204. The van der Waals surface area contributed by atoms with E-state index in [1.165, 1.54) is 10.9 Å². The maximum atomic E-state index is 13.5. The molecule has 2 saturated heterocycles. The fraction of sp³-hybridized carbons (Fsp3) is 0.357. The number of hydrogen-bond donors (Lipinski definition) is 2. The van der Waals surface area contributed by atoms with Crippen LogP contribution >= 0.6 is 0 Å². The van der Waals surface area contributed by atoms with Crippen molar-refractivity contribution in [2.45, 2.75) is 24.5 Å². The molecule has 2 bridgehead atoms. The Morgan fingerprint density at radius 1 is 1.20 bits per heavy atom. The molecule has 7 heteroatoms. The molecule has 3 aromatic rings. The van der Waals surface area contributed by atoms with Crippen LogP contribution in [0.3, 0.4) is 0 Å². The van der Waals surface area contributed by atoms with Gasteiger partial charge in [0.05, 0.1) is 31.6 Å². The van der Waals surface area contributed by atoms with Crippen LogP contribution < -0.4 is 10.1 Å². The molecule has 4 atom stereocenters. The molecule has 0 radical (unpaired) electrons. The van der Waals surface area contributed by atoms with Gasteiger partial charge in [-0.25, -0.2) is 0 Å². The lowest BCUT2D eigenvalue weighted by molar-refractivity contribution is -0.137. The van der Waals surface area contributed by atoms with E-state index >= 15 is 0 Å².